The third kappa shape index (κ3) is 9.64. The lowest BCUT2D eigenvalue weighted by molar-refractivity contribution is 0.0181. The molecule has 0 aliphatic carbocycles. The van der Waals surface area contributed by atoms with Crippen molar-refractivity contribution in [2.75, 3.05) is 33.3 Å². The number of likely N-dealkylation sites (tertiary alicyclic amines) is 1. The molecule has 4 N–H and O–H groups in total. The van der Waals surface area contributed by atoms with Crippen LogP contribution in [0.1, 0.15) is 47.0 Å². The Morgan fingerprint density at radius 1 is 1.28 bits per heavy atom. The maximum absolute atomic E-state index is 12.2. The van der Waals surface area contributed by atoms with Crippen LogP contribution in [0.15, 0.2) is 59.7 Å². The highest BCUT2D eigenvalue weighted by Gasteiger charge is 2.26. The van der Waals surface area contributed by atoms with Crippen molar-refractivity contribution >= 4 is 6.09 Å². The van der Waals surface area contributed by atoms with Gasteiger partial charge in [0.05, 0.1) is 12.8 Å². The molecule has 1 aliphatic rings. The van der Waals surface area contributed by atoms with Crippen LogP contribution in [0, 0.1) is 5.92 Å². The number of ether oxygens (including phenoxy) is 2. The number of amides is 1. The highest BCUT2D eigenvalue weighted by atomic mass is 16.6. The topological polar surface area (TPSA) is 97.0 Å². The first-order valence-electron chi connectivity index (χ1n) is 11.1. The van der Waals surface area contributed by atoms with Gasteiger partial charge in [-0.05, 0) is 76.7 Å². The van der Waals surface area contributed by atoms with Crippen molar-refractivity contribution in [3.8, 4) is 0 Å². The van der Waals surface area contributed by atoms with Crippen molar-refractivity contribution in [3.05, 3.63) is 59.7 Å². The van der Waals surface area contributed by atoms with E-state index in [1.54, 1.807) is 18.1 Å². The van der Waals surface area contributed by atoms with Gasteiger partial charge < -0.3 is 30.5 Å². The van der Waals surface area contributed by atoms with Crippen LogP contribution in [-0.2, 0) is 9.47 Å². The number of nitrogens with one attached hydrogen (secondary N) is 1. The Bertz CT molecular complexity index is 752. The standard InChI is InChI=1S/C25H41N3O4/c1-8-22(29)23(19(3)16-21(31-7)15-18(2)17-26)27-12-9-20-10-13-28(14-11-20)24(30)32-25(4,5)6/h8,15-16,20,27,29H,1,3,9-14,17,26H2,2,4-7H3/b18-15-,21-16+,23-22-. The molecule has 1 amide bonds. The Morgan fingerprint density at radius 3 is 2.41 bits per heavy atom. The third-order valence-corrected chi connectivity index (χ3v) is 5.15. The van der Waals surface area contributed by atoms with E-state index in [2.05, 4.69) is 18.5 Å². The Morgan fingerprint density at radius 2 is 1.91 bits per heavy atom. The van der Waals surface area contributed by atoms with Gasteiger partial charge >= 0.3 is 6.09 Å². The summed E-state index contributed by atoms with van der Waals surface area (Å²) in [5.41, 5.74) is 7.23. The van der Waals surface area contributed by atoms with Gasteiger partial charge in [0.1, 0.15) is 17.1 Å². The van der Waals surface area contributed by atoms with Crippen LogP contribution in [0.25, 0.3) is 0 Å². The molecule has 0 radical (unpaired) electrons. The minimum Gasteiger partial charge on any atom is -0.506 e. The lowest BCUT2D eigenvalue weighted by Gasteiger charge is -2.33. The zero-order chi connectivity index (χ0) is 24.3. The predicted octanol–water partition coefficient (Wildman–Crippen LogP) is 4.56. The van der Waals surface area contributed by atoms with Gasteiger partial charge in [-0.15, -0.1) is 0 Å². The fraction of sp³-hybridized carbons (Fsp3) is 0.560. The molecule has 1 rings (SSSR count). The quantitative estimate of drug-likeness (QED) is 0.335. The van der Waals surface area contributed by atoms with Crippen molar-refractivity contribution in [3.63, 3.8) is 0 Å². The Kier molecular flexibility index (Phi) is 11.1. The van der Waals surface area contributed by atoms with Crippen LogP contribution in [-0.4, -0.2) is 55.0 Å². The Balaban J connectivity index is 2.65. The van der Waals surface area contributed by atoms with Gasteiger partial charge in [0.25, 0.3) is 0 Å². The van der Waals surface area contributed by atoms with E-state index in [9.17, 15) is 9.90 Å². The predicted molar refractivity (Wildman–Crippen MR) is 130 cm³/mol. The van der Waals surface area contributed by atoms with Gasteiger partial charge in [0.2, 0.25) is 0 Å². The van der Waals surface area contributed by atoms with E-state index in [0.29, 0.717) is 49.1 Å². The molecule has 1 aliphatic heterocycles. The Labute approximate surface area is 193 Å². The number of hydrogen-bond acceptors (Lipinski definition) is 6. The van der Waals surface area contributed by atoms with Gasteiger partial charge in [-0.3, -0.25) is 0 Å². The summed E-state index contributed by atoms with van der Waals surface area (Å²) in [6.45, 7) is 17.7. The van der Waals surface area contributed by atoms with Crippen molar-refractivity contribution in [1.29, 1.82) is 0 Å². The monoisotopic (exact) mass is 447 g/mol. The second kappa shape index (κ2) is 13.0. The molecule has 0 aromatic heterocycles. The molecule has 1 fully saturated rings. The van der Waals surface area contributed by atoms with Gasteiger partial charge in [0, 0.05) is 26.2 Å². The number of carbonyl (C=O) groups is 1. The minimum absolute atomic E-state index is 0.0287. The van der Waals surface area contributed by atoms with Gasteiger partial charge in [0.15, 0.2) is 0 Å². The van der Waals surface area contributed by atoms with Crippen LogP contribution < -0.4 is 11.1 Å². The van der Waals surface area contributed by atoms with E-state index in [4.69, 9.17) is 15.2 Å². The molecule has 1 saturated heterocycles. The summed E-state index contributed by atoms with van der Waals surface area (Å²) >= 11 is 0. The second-order valence-corrected chi connectivity index (χ2v) is 9.06. The first-order chi connectivity index (χ1) is 15.0. The van der Waals surface area contributed by atoms with E-state index in [0.717, 1.165) is 24.8 Å². The molecule has 180 valence electrons. The highest BCUT2D eigenvalue weighted by Crippen LogP contribution is 2.23. The summed E-state index contributed by atoms with van der Waals surface area (Å²) in [5.74, 6) is 1.12. The summed E-state index contributed by atoms with van der Waals surface area (Å²) < 4.78 is 10.8. The second-order valence-electron chi connectivity index (χ2n) is 9.06. The fourth-order valence-corrected chi connectivity index (χ4v) is 3.31. The molecule has 7 heteroatoms. The molecule has 32 heavy (non-hydrogen) atoms. The average molecular weight is 448 g/mol. The largest absolute Gasteiger partial charge is 0.506 e. The number of nitrogens with zero attached hydrogens (tertiary/aromatic N) is 1. The molecule has 1 heterocycles. The molecule has 0 aromatic rings. The number of nitrogens with two attached hydrogens (primary N) is 1. The number of hydrogen-bond donors (Lipinski definition) is 3. The number of allylic oxidation sites excluding steroid dienone is 3. The molecule has 0 atom stereocenters. The Hall–Kier alpha value is -2.67. The summed E-state index contributed by atoms with van der Waals surface area (Å²) in [6.07, 6.45) is 7.49. The van der Waals surface area contributed by atoms with Crippen molar-refractivity contribution in [2.45, 2.75) is 52.6 Å². The molecule has 0 unspecified atom stereocenters. The van der Waals surface area contributed by atoms with E-state index < -0.39 is 5.60 Å². The van der Waals surface area contributed by atoms with Crippen molar-refractivity contribution < 1.29 is 19.4 Å². The van der Waals surface area contributed by atoms with Gasteiger partial charge in [-0.25, -0.2) is 4.79 Å². The molecule has 0 aromatic carbocycles. The summed E-state index contributed by atoms with van der Waals surface area (Å²) in [4.78, 5) is 14.0. The van der Waals surface area contributed by atoms with Crippen molar-refractivity contribution in [2.24, 2.45) is 11.7 Å². The zero-order valence-electron chi connectivity index (χ0n) is 20.4. The molecule has 0 bridgehead atoms. The van der Waals surface area contributed by atoms with E-state index >= 15 is 0 Å². The SMILES string of the molecule is C=C/C(O)=C(/NCCC1CCN(C(=O)OC(C)(C)C)CC1)C(=C)/C=C(\C=C(\C)CN)OC. The highest BCUT2D eigenvalue weighted by molar-refractivity contribution is 5.68. The summed E-state index contributed by atoms with van der Waals surface area (Å²) in [6, 6.07) is 0. The summed E-state index contributed by atoms with van der Waals surface area (Å²) in [5, 5.41) is 13.6. The van der Waals surface area contributed by atoms with Crippen LogP contribution in [0.5, 0.6) is 0 Å². The number of piperidine rings is 1. The molecule has 0 spiro atoms. The van der Waals surface area contributed by atoms with E-state index in [-0.39, 0.29) is 11.9 Å². The maximum atomic E-state index is 12.2. The lowest BCUT2D eigenvalue weighted by Crippen LogP contribution is -2.42. The van der Waals surface area contributed by atoms with E-state index in [1.165, 1.54) is 6.08 Å². The van der Waals surface area contributed by atoms with E-state index in [1.807, 2.05) is 33.8 Å². The number of carbonyl (C=O) groups excluding carboxylic acids is 1. The van der Waals surface area contributed by atoms with Crippen molar-refractivity contribution in [1.82, 2.24) is 10.2 Å². The smallest absolute Gasteiger partial charge is 0.410 e. The minimum atomic E-state index is -0.480. The van der Waals surface area contributed by atoms with Gasteiger partial charge in [-0.2, -0.15) is 0 Å². The summed E-state index contributed by atoms with van der Waals surface area (Å²) in [7, 11) is 1.58. The number of aliphatic hydroxyl groups is 1. The maximum Gasteiger partial charge on any atom is 0.410 e. The first-order valence-corrected chi connectivity index (χ1v) is 11.1. The molecular formula is C25H41N3O4. The van der Waals surface area contributed by atoms with Crippen LogP contribution >= 0.6 is 0 Å². The zero-order valence-corrected chi connectivity index (χ0v) is 20.4. The number of aliphatic hydroxyl groups excluding tert-OH is 1. The van der Waals surface area contributed by atoms with Crippen LogP contribution in [0.4, 0.5) is 4.79 Å². The molecule has 0 saturated carbocycles. The van der Waals surface area contributed by atoms with Crippen LogP contribution in [0.2, 0.25) is 0 Å². The number of rotatable bonds is 10. The van der Waals surface area contributed by atoms with Crippen LogP contribution in [0.3, 0.4) is 0 Å². The normalized spacial score (nSPS) is 16.9. The lowest BCUT2D eigenvalue weighted by atomic mass is 9.93. The number of methoxy groups -OCH3 is 1. The third-order valence-electron chi connectivity index (χ3n) is 5.15. The first kappa shape index (κ1) is 27.4. The average Bonchev–Trinajstić information content (AvgIpc) is 2.74. The fourth-order valence-electron chi connectivity index (χ4n) is 3.31. The van der Waals surface area contributed by atoms with Gasteiger partial charge in [-0.1, -0.05) is 18.7 Å². The molecular weight excluding hydrogens is 406 g/mol. The molecule has 7 nitrogen and oxygen atoms in total.